The van der Waals surface area contributed by atoms with Crippen LogP contribution >= 0.6 is 11.6 Å². The highest BCUT2D eigenvalue weighted by Gasteiger charge is 1.99. The van der Waals surface area contributed by atoms with Crippen molar-refractivity contribution in [1.29, 1.82) is 0 Å². The van der Waals surface area contributed by atoms with Crippen LogP contribution in [-0.2, 0) is 0 Å². The van der Waals surface area contributed by atoms with Crippen molar-refractivity contribution < 1.29 is 4.74 Å². The summed E-state index contributed by atoms with van der Waals surface area (Å²) in [5.41, 5.74) is 0. The summed E-state index contributed by atoms with van der Waals surface area (Å²) in [4.78, 5) is 4.05. The lowest BCUT2D eigenvalue weighted by molar-refractivity contribution is 0.391. The average molecular weight is 194 g/mol. The molecule has 0 aliphatic heterocycles. The first-order valence-corrected chi connectivity index (χ1v) is 4.47. The monoisotopic (exact) mass is 193 g/mol. The van der Waals surface area contributed by atoms with Gasteiger partial charge in [-0.3, -0.25) is 4.98 Å². The summed E-state index contributed by atoms with van der Waals surface area (Å²) in [6.07, 6.45) is 3.47. The number of pyridine rings is 1. The highest BCUT2D eigenvalue weighted by molar-refractivity contribution is 6.17. The van der Waals surface area contributed by atoms with Crippen LogP contribution in [0.1, 0.15) is 0 Å². The second-order valence-electron chi connectivity index (χ2n) is 2.61. The molecular formula is C10H8ClNO. The SMILES string of the molecule is ClCOc1cncc2ccccc12. The summed E-state index contributed by atoms with van der Waals surface area (Å²) in [6, 6.07) is 8.05. The molecule has 0 atom stereocenters. The van der Waals surface area contributed by atoms with E-state index < -0.39 is 0 Å². The summed E-state index contributed by atoms with van der Waals surface area (Å²) in [6.45, 7) is 0. The van der Waals surface area contributed by atoms with Crippen molar-refractivity contribution in [3.8, 4) is 5.75 Å². The van der Waals surface area contributed by atoms with Gasteiger partial charge in [-0.2, -0.15) is 0 Å². The van der Waals surface area contributed by atoms with E-state index in [0.29, 0.717) is 0 Å². The Bertz CT molecular complexity index is 411. The smallest absolute Gasteiger partial charge is 0.162 e. The Morgan fingerprint density at radius 3 is 2.92 bits per heavy atom. The van der Waals surface area contributed by atoms with Crippen molar-refractivity contribution in [2.24, 2.45) is 0 Å². The lowest BCUT2D eigenvalue weighted by Crippen LogP contribution is -1.90. The minimum atomic E-state index is 0.148. The van der Waals surface area contributed by atoms with Crippen LogP contribution in [0.2, 0.25) is 0 Å². The summed E-state index contributed by atoms with van der Waals surface area (Å²) in [7, 11) is 0. The number of halogens is 1. The van der Waals surface area contributed by atoms with Crippen LogP contribution < -0.4 is 4.74 Å². The predicted molar refractivity (Wildman–Crippen MR) is 53.1 cm³/mol. The van der Waals surface area contributed by atoms with Crippen LogP contribution in [0.5, 0.6) is 5.75 Å². The van der Waals surface area contributed by atoms with E-state index in [4.69, 9.17) is 16.3 Å². The number of ether oxygens (including phenoxy) is 1. The second kappa shape index (κ2) is 3.62. The van der Waals surface area contributed by atoms with Gasteiger partial charge in [-0.25, -0.2) is 0 Å². The summed E-state index contributed by atoms with van der Waals surface area (Å²) >= 11 is 5.49. The second-order valence-corrected chi connectivity index (χ2v) is 2.83. The Morgan fingerprint density at radius 1 is 1.23 bits per heavy atom. The van der Waals surface area contributed by atoms with Gasteiger partial charge in [-0.05, 0) is 0 Å². The molecule has 0 aliphatic carbocycles. The Labute approximate surface area is 81.1 Å². The molecule has 0 unspecified atom stereocenters. The van der Waals surface area contributed by atoms with Crippen LogP contribution in [0.4, 0.5) is 0 Å². The number of hydrogen-bond donors (Lipinski definition) is 0. The third-order valence-corrected chi connectivity index (χ3v) is 1.95. The minimum Gasteiger partial charge on any atom is -0.476 e. The van der Waals surface area contributed by atoms with Gasteiger partial charge in [0.1, 0.15) is 5.75 Å². The molecule has 0 radical (unpaired) electrons. The van der Waals surface area contributed by atoms with Crippen molar-refractivity contribution in [2.75, 3.05) is 6.07 Å². The van der Waals surface area contributed by atoms with Gasteiger partial charge >= 0.3 is 0 Å². The van der Waals surface area contributed by atoms with Gasteiger partial charge in [-0.1, -0.05) is 35.9 Å². The van der Waals surface area contributed by atoms with Gasteiger partial charge in [0.15, 0.2) is 6.07 Å². The largest absolute Gasteiger partial charge is 0.476 e. The molecule has 0 N–H and O–H groups in total. The molecule has 2 nitrogen and oxygen atoms in total. The van der Waals surface area contributed by atoms with E-state index in [1.165, 1.54) is 0 Å². The Morgan fingerprint density at radius 2 is 2.08 bits per heavy atom. The normalized spacial score (nSPS) is 10.2. The molecule has 13 heavy (non-hydrogen) atoms. The third-order valence-electron chi connectivity index (χ3n) is 1.84. The van der Waals surface area contributed by atoms with E-state index in [1.54, 1.807) is 12.4 Å². The van der Waals surface area contributed by atoms with Gasteiger partial charge in [0.25, 0.3) is 0 Å². The molecule has 0 amide bonds. The number of benzene rings is 1. The topological polar surface area (TPSA) is 22.1 Å². The van der Waals surface area contributed by atoms with Crippen molar-refractivity contribution in [3.63, 3.8) is 0 Å². The van der Waals surface area contributed by atoms with E-state index >= 15 is 0 Å². The Kier molecular flexibility index (Phi) is 2.32. The molecule has 0 bridgehead atoms. The van der Waals surface area contributed by atoms with Gasteiger partial charge in [-0.15, -0.1) is 0 Å². The predicted octanol–water partition coefficient (Wildman–Crippen LogP) is 2.81. The molecule has 0 saturated heterocycles. The molecular weight excluding hydrogens is 186 g/mol. The summed E-state index contributed by atoms with van der Waals surface area (Å²) < 4.78 is 5.22. The van der Waals surface area contributed by atoms with Crippen molar-refractivity contribution in [1.82, 2.24) is 4.98 Å². The number of fused-ring (bicyclic) bond motifs is 1. The van der Waals surface area contributed by atoms with Crippen LogP contribution in [0, 0.1) is 0 Å². The number of alkyl halides is 1. The maximum Gasteiger partial charge on any atom is 0.162 e. The molecule has 0 spiro atoms. The van der Waals surface area contributed by atoms with E-state index in [2.05, 4.69) is 4.98 Å². The van der Waals surface area contributed by atoms with Gasteiger partial charge in [0.05, 0.1) is 6.20 Å². The van der Waals surface area contributed by atoms with Crippen LogP contribution in [0.15, 0.2) is 36.7 Å². The summed E-state index contributed by atoms with van der Waals surface area (Å²) in [5, 5.41) is 2.10. The molecule has 0 aliphatic rings. The van der Waals surface area contributed by atoms with E-state index in [1.807, 2.05) is 24.3 Å². The maximum absolute atomic E-state index is 5.49. The van der Waals surface area contributed by atoms with Crippen LogP contribution in [0.25, 0.3) is 10.8 Å². The van der Waals surface area contributed by atoms with E-state index in [0.717, 1.165) is 16.5 Å². The highest BCUT2D eigenvalue weighted by atomic mass is 35.5. The molecule has 0 saturated carbocycles. The molecule has 2 aromatic rings. The first-order chi connectivity index (χ1) is 6.42. The molecule has 0 fully saturated rings. The minimum absolute atomic E-state index is 0.148. The lowest BCUT2D eigenvalue weighted by atomic mass is 10.2. The number of nitrogens with zero attached hydrogens (tertiary/aromatic N) is 1. The number of aromatic nitrogens is 1. The fourth-order valence-electron chi connectivity index (χ4n) is 1.26. The molecule has 2 rings (SSSR count). The zero-order valence-corrected chi connectivity index (χ0v) is 7.66. The number of rotatable bonds is 2. The van der Waals surface area contributed by atoms with Crippen LogP contribution in [-0.4, -0.2) is 11.1 Å². The Balaban J connectivity index is 2.61. The van der Waals surface area contributed by atoms with Gasteiger partial charge in [0.2, 0.25) is 0 Å². The summed E-state index contributed by atoms with van der Waals surface area (Å²) in [5.74, 6) is 0.730. The molecule has 1 heterocycles. The molecule has 66 valence electrons. The van der Waals surface area contributed by atoms with Gasteiger partial charge in [0, 0.05) is 17.0 Å². The van der Waals surface area contributed by atoms with Crippen LogP contribution in [0.3, 0.4) is 0 Å². The maximum atomic E-state index is 5.49. The fraction of sp³-hybridized carbons (Fsp3) is 0.100. The first-order valence-electron chi connectivity index (χ1n) is 3.93. The first kappa shape index (κ1) is 8.32. The highest BCUT2D eigenvalue weighted by Crippen LogP contribution is 2.23. The zero-order chi connectivity index (χ0) is 9.10. The molecule has 1 aromatic carbocycles. The van der Waals surface area contributed by atoms with E-state index in [-0.39, 0.29) is 6.07 Å². The quantitative estimate of drug-likeness (QED) is 0.685. The standard InChI is InChI=1S/C10H8ClNO/c11-7-13-10-6-12-5-8-3-1-2-4-9(8)10/h1-6H,7H2. The fourth-order valence-corrected chi connectivity index (χ4v) is 1.38. The van der Waals surface area contributed by atoms with Gasteiger partial charge < -0.3 is 4.74 Å². The number of hydrogen-bond acceptors (Lipinski definition) is 2. The lowest BCUT2D eigenvalue weighted by Gasteiger charge is -2.04. The average Bonchev–Trinajstić information content (AvgIpc) is 2.19. The Hall–Kier alpha value is -1.28. The zero-order valence-electron chi connectivity index (χ0n) is 6.90. The van der Waals surface area contributed by atoms with Crippen molar-refractivity contribution in [2.45, 2.75) is 0 Å². The van der Waals surface area contributed by atoms with Crippen molar-refractivity contribution >= 4 is 22.4 Å². The third kappa shape index (κ3) is 1.58. The van der Waals surface area contributed by atoms with E-state index in [9.17, 15) is 0 Å². The molecule has 3 heteroatoms. The molecule has 1 aromatic heterocycles. The van der Waals surface area contributed by atoms with Crippen molar-refractivity contribution in [3.05, 3.63) is 36.7 Å².